The lowest BCUT2D eigenvalue weighted by molar-refractivity contribution is -0.131. The number of pyridine rings is 1. The number of hydrazine groups is 1. The van der Waals surface area contributed by atoms with E-state index in [0.29, 0.717) is 46.4 Å². The first-order chi connectivity index (χ1) is 18.2. The van der Waals surface area contributed by atoms with Crippen LogP contribution in [-0.2, 0) is 16.0 Å². The number of aryl methyl sites for hydroxylation is 1. The molecule has 3 aromatic rings. The number of nitrogens with zero attached hydrogens (tertiary/aromatic N) is 2. The van der Waals surface area contributed by atoms with Gasteiger partial charge in [0.1, 0.15) is 11.4 Å². The fraction of sp³-hybridized carbons (Fsp3) is 0.276. The molecule has 0 saturated heterocycles. The number of benzene rings is 2. The highest BCUT2D eigenvalue weighted by molar-refractivity contribution is 6.36. The molecule has 2 heterocycles. The molecule has 5 rings (SSSR count). The fourth-order valence-corrected chi connectivity index (χ4v) is 5.52. The van der Waals surface area contributed by atoms with Crippen LogP contribution in [0.15, 0.2) is 48.0 Å². The van der Waals surface area contributed by atoms with Crippen LogP contribution in [0.5, 0.6) is 5.88 Å². The van der Waals surface area contributed by atoms with E-state index in [1.54, 1.807) is 45.3 Å². The summed E-state index contributed by atoms with van der Waals surface area (Å²) in [5.41, 5.74) is 8.15. The Balaban J connectivity index is 1.55. The van der Waals surface area contributed by atoms with Gasteiger partial charge in [-0.2, -0.15) is 0 Å². The van der Waals surface area contributed by atoms with Crippen molar-refractivity contribution in [2.24, 2.45) is 0 Å². The summed E-state index contributed by atoms with van der Waals surface area (Å²) in [5, 5.41) is 4.28. The molecular weight excluding hydrogens is 507 g/mol. The van der Waals surface area contributed by atoms with E-state index in [4.69, 9.17) is 21.3 Å². The van der Waals surface area contributed by atoms with Gasteiger partial charge in [0.05, 0.1) is 17.8 Å². The van der Waals surface area contributed by atoms with Crippen LogP contribution in [0.2, 0.25) is 5.02 Å². The minimum atomic E-state index is -0.535. The zero-order valence-corrected chi connectivity index (χ0v) is 22.4. The molecule has 2 aromatic carbocycles. The van der Waals surface area contributed by atoms with Gasteiger partial charge in [-0.3, -0.25) is 14.6 Å². The van der Waals surface area contributed by atoms with Crippen molar-refractivity contribution in [3.63, 3.8) is 0 Å². The smallest absolute Gasteiger partial charge is 0.273 e. The molecule has 0 spiro atoms. The number of carbonyl (C=O) groups excluding carboxylic acids is 2. The van der Waals surface area contributed by atoms with Gasteiger partial charge in [0.25, 0.3) is 11.8 Å². The third-order valence-corrected chi connectivity index (χ3v) is 7.67. The van der Waals surface area contributed by atoms with Crippen molar-refractivity contribution in [1.29, 1.82) is 0 Å². The van der Waals surface area contributed by atoms with E-state index in [1.807, 2.05) is 6.07 Å². The van der Waals surface area contributed by atoms with Gasteiger partial charge in [0.15, 0.2) is 0 Å². The van der Waals surface area contributed by atoms with Crippen LogP contribution in [0, 0.1) is 12.7 Å². The van der Waals surface area contributed by atoms with E-state index in [0.717, 1.165) is 24.0 Å². The number of ether oxygens (including phenoxy) is 1. The molecule has 1 aromatic heterocycles. The molecule has 1 aliphatic heterocycles. The first-order valence-electron chi connectivity index (χ1n) is 12.4. The predicted octanol–water partition coefficient (Wildman–Crippen LogP) is 5.42. The van der Waals surface area contributed by atoms with Crippen LogP contribution in [0.25, 0.3) is 22.4 Å². The van der Waals surface area contributed by atoms with E-state index >= 15 is 4.39 Å². The summed E-state index contributed by atoms with van der Waals surface area (Å²) in [6, 6.07) is 10.2. The minimum absolute atomic E-state index is 0.0354. The SMILES string of the molecule is COc1nc(-c2ccc(F)c(-c3cccc(NC(=O)C4=CCNN(C)C4=O)c3C)c2Cl)cc2c1C(C)CC2. The molecule has 0 bridgehead atoms. The normalized spacial score (nSPS) is 16.8. The molecule has 38 heavy (non-hydrogen) atoms. The largest absolute Gasteiger partial charge is 0.481 e. The van der Waals surface area contributed by atoms with E-state index in [1.165, 1.54) is 17.2 Å². The van der Waals surface area contributed by atoms with E-state index < -0.39 is 17.6 Å². The lowest BCUT2D eigenvalue weighted by Gasteiger charge is -2.23. The molecule has 2 amide bonds. The molecule has 1 unspecified atom stereocenters. The van der Waals surface area contributed by atoms with Gasteiger partial charge < -0.3 is 10.1 Å². The second-order valence-electron chi connectivity index (χ2n) is 9.59. The first kappa shape index (κ1) is 25.9. The summed E-state index contributed by atoms with van der Waals surface area (Å²) in [7, 11) is 3.15. The topological polar surface area (TPSA) is 83.6 Å². The van der Waals surface area contributed by atoms with E-state index in [-0.39, 0.29) is 16.2 Å². The lowest BCUT2D eigenvalue weighted by atomic mass is 9.95. The maximum Gasteiger partial charge on any atom is 0.273 e. The molecule has 0 fully saturated rings. The highest BCUT2D eigenvalue weighted by Gasteiger charge is 2.28. The van der Waals surface area contributed by atoms with Crippen LogP contribution >= 0.6 is 11.6 Å². The number of hydrogen-bond donors (Lipinski definition) is 2. The van der Waals surface area contributed by atoms with Crippen molar-refractivity contribution in [3.8, 4) is 28.3 Å². The Morgan fingerprint density at radius 3 is 2.82 bits per heavy atom. The van der Waals surface area contributed by atoms with Gasteiger partial charge in [-0.25, -0.2) is 14.8 Å². The van der Waals surface area contributed by atoms with Crippen molar-refractivity contribution in [3.05, 3.63) is 75.6 Å². The number of anilines is 1. The Bertz CT molecular complexity index is 1500. The average Bonchev–Trinajstić information content (AvgIpc) is 3.27. The Hall–Kier alpha value is -3.75. The number of aromatic nitrogens is 1. The number of halogens is 2. The fourth-order valence-electron chi connectivity index (χ4n) is 5.17. The summed E-state index contributed by atoms with van der Waals surface area (Å²) in [4.78, 5) is 30.0. The predicted molar refractivity (Wildman–Crippen MR) is 146 cm³/mol. The third-order valence-electron chi connectivity index (χ3n) is 7.27. The van der Waals surface area contributed by atoms with Crippen LogP contribution in [0.1, 0.15) is 36.0 Å². The monoisotopic (exact) mass is 534 g/mol. The molecule has 2 N–H and O–H groups in total. The van der Waals surface area contributed by atoms with Crippen molar-refractivity contribution in [1.82, 2.24) is 15.4 Å². The third kappa shape index (κ3) is 4.44. The summed E-state index contributed by atoms with van der Waals surface area (Å²) in [6.45, 7) is 4.29. The molecule has 9 heteroatoms. The van der Waals surface area contributed by atoms with Crippen molar-refractivity contribution >= 4 is 29.1 Å². The van der Waals surface area contributed by atoms with Gasteiger partial charge >= 0.3 is 0 Å². The molecule has 1 aliphatic carbocycles. The Morgan fingerprint density at radius 2 is 2.05 bits per heavy atom. The molecule has 0 radical (unpaired) electrons. The molecule has 0 saturated carbocycles. The summed E-state index contributed by atoms with van der Waals surface area (Å²) < 4.78 is 20.9. The van der Waals surface area contributed by atoms with E-state index in [9.17, 15) is 9.59 Å². The number of fused-ring (bicyclic) bond motifs is 1. The highest BCUT2D eigenvalue weighted by Crippen LogP contribution is 2.44. The van der Waals surface area contributed by atoms with Crippen molar-refractivity contribution in [2.45, 2.75) is 32.6 Å². The van der Waals surface area contributed by atoms with E-state index in [2.05, 4.69) is 17.7 Å². The van der Waals surface area contributed by atoms with Gasteiger partial charge in [-0.1, -0.05) is 36.7 Å². The Labute approximate surface area is 225 Å². The number of likely N-dealkylation sites (N-methyl/N-ethyl adjacent to an activating group) is 1. The van der Waals surface area contributed by atoms with Gasteiger partial charge in [0, 0.05) is 36.0 Å². The first-order valence-corrected chi connectivity index (χ1v) is 12.8. The van der Waals surface area contributed by atoms with Gasteiger partial charge in [-0.15, -0.1) is 0 Å². The van der Waals surface area contributed by atoms with Crippen LogP contribution < -0.4 is 15.5 Å². The van der Waals surface area contributed by atoms with Crippen molar-refractivity contribution < 1.29 is 18.7 Å². The second-order valence-corrected chi connectivity index (χ2v) is 9.97. The molecule has 7 nitrogen and oxygen atoms in total. The number of amides is 2. The quantitative estimate of drug-likeness (QED) is 0.427. The second kappa shape index (κ2) is 10.2. The van der Waals surface area contributed by atoms with Gasteiger partial charge in [0.2, 0.25) is 5.88 Å². The molecule has 1 atom stereocenters. The Morgan fingerprint density at radius 1 is 1.26 bits per heavy atom. The van der Waals surface area contributed by atoms with Crippen LogP contribution in [0.4, 0.5) is 10.1 Å². The number of nitrogens with one attached hydrogen (secondary N) is 2. The summed E-state index contributed by atoms with van der Waals surface area (Å²) in [5.74, 6) is -0.538. The zero-order chi connectivity index (χ0) is 27.1. The molecular formula is C29H28ClFN4O3. The zero-order valence-electron chi connectivity index (χ0n) is 21.6. The standard InChI is InChI=1S/C29H28ClFN4O3/c1-15-8-9-17-14-23(34-28(38-4)24(15)17)19-10-11-21(31)25(26(19)30)18-6-5-7-22(16(18)2)33-27(36)20-12-13-32-35(3)29(20)37/h5-7,10-12,14-15,32H,8-9,13H2,1-4H3,(H,33,36). The summed E-state index contributed by atoms with van der Waals surface area (Å²) in [6.07, 6.45) is 3.47. The van der Waals surface area contributed by atoms with Crippen LogP contribution in [0.3, 0.4) is 0 Å². The van der Waals surface area contributed by atoms with Crippen molar-refractivity contribution in [2.75, 3.05) is 26.0 Å². The minimum Gasteiger partial charge on any atom is -0.481 e. The maximum atomic E-state index is 15.3. The average molecular weight is 535 g/mol. The Kier molecular flexibility index (Phi) is 6.94. The number of hydrogen-bond acceptors (Lipinski definition) is 5. The van der Waals surface area contributed by atoms with Crippen LogP contribution in [-0.4, -0.2) is 42.5 Å². The highest BCUT2D eigenvalue weighted by atomic mass is 35.5. The molecule has 2 aliphatic rings. The summed E-state index contributed by atoms with van der Waals surface area (Å²) >= 11 is 6.87. The van der Waals surface area contributed by atoms with Gasteiger partial charge in [-0.05, 0) is 66.6 Å². The molecule has 196 valence electrons. The number of carbonyl (C=O) groups is 2. The lowest BCUT2D eigenvalue weighted by Crippen LogP contribution is -2.46. The maximum absolute atomic E-state index is 15.3. The number of methoxy groups -OCH3 is 1. The number of rotatable bonds is 5.